The number of alkyl halides is 1. The van der Waals surface area contributed by atoms with Crippen LogP contribution in [0.1, 0.15) is 34.5 Å². The molecule has 2 amide bonds. The summed E-state index contributed by atoms with van der Waals surface area (Å²) in [4.78, 5) is 58.8. The number of benzene rings is 4. The topological polar surface area (TPSA) is 154 Å². The number of esters is 1. The SMILES string of the molecule is COc1ccc(COC(=O)C2=C(/C=C/C3CC[N+](C)(C)O3)CS[C@@H]3[C@H](NC(=O)/C(=N\OCF)c4nsc(NC(c5ccccc5)(c5ccccc5)c5ccccc5)n4)C(=O)N23)cc1.[I-]. The van der Waals surface area contributed by atoms with Gasteiger partial charge in [-0.25, -0.2) is 9.18 Å². The van der Waals surface area contributed by atoms with E-state index in [1.54, 1.807) is 31.4 Å². The largest absolute Gasteiger partial charge is 1.00 e. The minimum absolute atomic E-state index is 0. The number of rotatable bonds is 16. The smallest absolute Gasteiger partial charge is 0.355 e. The zero-order valence-corrected chi connectivity index (χ0v) is 38.8. The Balaban J connectivity index is 0.00000612. The maximum absolute atomic E-state index is 14.1. The molecule has 3 atom stereocenters. The molecule has 4 heterocycles. The predicted molar refractivity (Wildman–Crippen MR) is 237 cm³/mol. The molecule has 1 unspecified atom stereocenters. The van der Waals surface area contributed by atoms with Gasteiger partial charge in [-0.15, -0.1) is 11.8 Å². The quantitative estimate of drug-likeness (QED) is 0.0285. The Hall–Kier alpha value is -5.67. The molecular formula is C46H45FIN7O7S2. The third-order valence-corrected chi connectivity index (χ3v) is 12.8. The van der Waals surface area contributed by atoms with E-state index < -0.39 is 47.3 Å². The Morgan fingerprint density at radius 2 is 1.59 bits per heavy atom. The fourth-order valence-electron chi connectivity index (χ4n) is 7.76. The molecule has 14 nitrogen and oxygen atoms in total. The van der Waals surface area contributed by atoms with Crippen LogP contribution in [0.2, 0.25) is 0 Å². The number of quaternary nitrogens is 1. The number of carbonyl (C=O) groups excluding carboxylic acids is 3. The van der Waals surface area contributed by atoms with Crippen LogP contribution in [0.25, 0.3) is 0 Å². The second-order valence-corrected chi connectivity index (χ2v) is 17.2. The van der Waals surface area contributed by atoms with Crippen LogP contribution in [0.4, 0.5) is 9.52 Å². The van der Waals surface area contributed by atoms with Gasteiger partial charge >= 0.3 is 5.97 Å². The number of anilines is 1. The highest BCUT2D eigenvalue weighted by Gasteiger charge is 2.55. The number of thioether (sulfide) groups is 1. The first-order valence-corrected chi connectivity index (χ1v) is 22.0. The summed E-state index contributed by atoms with van der Waals surface area (Å²) in [5, 5.41) is 9.75. The van der Waals surface area contributed by atoms with Crippen LogP contribution < -0.4 is 39.3 Å². The molecule has 0 radical (unpaired) electrons. The molecule has 3 aliphatic rings. The summed E-state index contributed by atoms with van der Waals surface area (Å²) in [5.41, 5.74) is 2.73. The van der Waals surface area contributed by atoms with E-state index in [4.69, 9.17) is 19.1 Å². The number of methoxy groups -OCH3 is 1. The number of β-lactam (4-membered cyclic amide) rings is 1. The first-order chi connectivity index (χ1) is 30.6. The molecule has 0 spiro atoms. The third-order valence-electron chi connectivity index (χ3n) is 10.9. The van der Waals surface area contributed by atoms with Crippen molar-refractivity contribution in [1.82, 2.24) is 19.6 Å². The van der Waals surface area contributed by atoms with Crippen LogP contribution in [-0.4, -0.2) is 100 Å². The molecule has 4 aromatic carbocycles. The number of nitrogens with one attached hydrogen (secondary N) is 2. The summed E-state index contributed by atoms with van der Waals surface area (Å²) in [6.07, 6.45) is 4.31. The van der Waals surface area contributed by atoms with Gasteiger partial charge in [0.2, 0.25) is 16.7 Å². The number of ether oxygens (including phenoxy) is 2. The van der Waals surface area contributed by atoms with Gasteiger partial charge in [0.25, 0.3) is 18.7 Å². The average molecular weight is 1020 g/mol. The lowest BCUT2D eigenvalue weighted by atomic mass is 9.77. The minimum atomic E-state index is -1.33. The summed E-state index contributed by atoms with van der Waals surface area (Å²) in [6, 6.07) is 35.6. The van der Waals surface area contributed by atoms with E-state index in [1.165, 1.54) is 16.7 Å². The summed E-state index contributed by atoms with van der Waals surface area (Å²) >= 11 is 2.35. The van der Waals surface area contributed by atoms with E-state index in [1.807, 2.05) is 117 Å². The summed E-state index contributed by atoms with van der Waals surface area (Å²) < 4.78 is 29.3. The van der Waals surface area contributed by atoms with Gasteiger partial charge in [-0.3, -0.25) is 14.5 Å². The number of hydroxylamine groups is 3. The van der Waals surface area contributed by atoms with E-state index >= 15 is 0 Å². The summed E-state index contributed by atoms with van der Waals surface area (Å²) in [7, 11) is 5.50. The van der Waals surface area contributed by atoms with Gasteiger partial charge in [0.15, 0.2) is 0 Å². The van der Waals surface area contributed by atoms with E-state index in [9.17, 15) is 18.8 Å². The van der Waals surface area contributed by atoms with Crippen LogP contribution >= 0.6 is 23.3 Å². The predicted octanol–water partition coefficient (Wildman–Crippen LogP) is 3.34. The van der Waals surface area contributed by atoms with Crippen molar-refractivity contribution < 1.29 is 66.5 Å². The van der Waals surface area contributed by atoms with Gasteiger partial charge in [-0.05, 0) is 46.0 Å². The highest BCUT2D eigenvalue weighted by atomic mass is 127. The van der Waals surface area contributed by atoms with Gasteiger partial charge < -0.3 is 48.9 Å². The third kappa shape index (κ3) is 9.85. The number of carbonyl (C=O) groups is 3. The number of amides is 2. The molecule has 332 valence electrons. The summed E-state index contributed by atoms with van der Waals surface area (Å²) in [6.45, 7) is -0.555. The molecule has 5 aromatic rings. The van der Waals surface area contributed by atoms with Crippen LogP contribution in [0.15, 0.2) is 144 Å². The molecule has 0 bridgehead atoms. The normalized spacial score (nSPS) is 19.3. The van der Waals surface area contributed by atoms with Crippen molar-refractivity contribution in [1.29, 1.82) is 0 Å². The highest BCUT2D eigenvalue weighted by molar-refractivity contribution is 8.00. The monoisotopic (exact) mass is 1020 g/mol. The van der Waals surface area contributed by atoms with Crippen LogP contribution in [-0.2, 0) is 40.9 Å². The fraction of sp³-hybridized carbons (Fsp3) is 0.261. The first kappa shape index (κ1) is 46.3. The average Bonchev–Trinajstić information content (AvgIpc) is 3.93. The van der Waals surface area contributed by atoms with Gasteiger partial charge in [-0.1, -0.05) is 114 Å². The molecule has 2 N–H and O–H groups in total. The zero-order valence-electron chi connectivity index (χ0n) is 35.1. The van der Waals surface area contributed by atoms with Crippen molar-refractivity contribution in [2.24, 2.45) is 5.16 Å². The Morgan fingerprint density at radius 1 is 0.969 bits per heavy atom. The lowest BCUT2D eigenvalue weighted by Gasteiger charge is -2.49. The molecule has 8 rings (SSSR count). The summed E-state index contributed by atoms with van der Waals surface area (Å²) in [5.74, 6) is -1.27. The number of halogens is 2. The van der Waals surface area contributed by atoms with Gasteiger partial charge in [-0.2, -0.15) is 18.8 Å². The number of oxime groups is 1. The molecule has 3 aliphatic heterocycles. The van der Waals surface area contributed by atoms with Crippen molar-refractivity contribution in [3.05, 3.63) is 167 Å². The Kier molecular flexibility index (Phi) is 14.8. The van der Waals surface area contributed by atoms with Crippen LogP contribution in [0.5, 0.6) is 5.75 Å². The maximum Gasteiger partial charge on any atom is 0.355 e. The van der Waals surface area contributed by atoms with Gasteiger partial charge in [0.1, 0.15) is 47.7 Å². The Labute approximate surface area is 395 Å². The van der Waals surface area contributed by atoms with Gasteiger partial charge in [0.05, 0.1) is 21.2 Å². The van der Waals surface area contributed by atoms with Crippen LogP contribution in [0.3, 0.4) is 0 Å². The van der Waals surface area contributed by atoms with E-state index in [0.717, 1.165) is 46.8 Å². The molecule has 0 saturated carbocycles. The maximum atomic E-state index is 14.1. The number of hydrogen-bond acceptors (Lipinski definition) is 13. The molecule has 2 fully saturated rings. The zero-order chi connectivity index (χ0) is 44.0. The Morgan fingerprint density at radius 3 is 2.16 bits per heavy atom. The lowest BCUT2D eigenvalue weighted by molar-refractivity contribution is -1.06. The van der Waals surface area contributed by atoms with Crippen molar-refractivity contribution in [2.75, 3.05) is 45.7 Å². The van der Waals surface area contributed by atoms with Crippen LogP contribution in [0, 0.1) is 0 Å². The Bertz CT molecular complexity index is 2430. The molecular weight excluding hydrogens is 973 g/mol. The number of aromatic nitrogens is 2. The number of hydrogen-bond donors (Lipinski definition) is 2. The van der Waals surface area contributed by atoms with Crippen molar-refractivity contribution in [3.63, 3.8) is 0 Å². The molecule has 0 aliphatic carbocycles. The second kappa shape index (κ2) is 20.4. The van der Waals surface area contributed by atoms with E-state index in [-0.39, 0.29) is 48.2 Å². The standard InChI is InChI=1S/C46H44FN7O7S2.HI/c1-54(2)26-25-36(61-54)24-21-31-28-62-43-38(42(56)53(43)39(31)44(57)59-27-30-19-22-35(58-3)23-20-30)48-41(55)37(51-60-29-47)40-49-45(63-52-40)50-46(32-13-7-4-8-14-32,33-15-9-5-10-16-33)34-17-11-6-12-18-34;/h4-24,36,38,43H,25-29H2,1-3H3,(H-,48,49,50,52,55);1H/b24-21+,51-37-;/t36?,38-,43-;/m1./s1. The molecule has 18 heteroatoms. The first-order valence-electron chi connectivity index (χ1n) is 20.1. The molecule has 64 heavy (non-hydrogen) atoms. The van der Waals surface area contributed by atoms with Crippen molar-refractivity contribution in [3.8, 4) is 5.75 Å². The highest BCUT2D eigenvalue weighted by Crippen LogP contribution is 2.42. The van der Waals surface area contributed by atoms with Crippen molar-refractivity contribution >= 4 is 51.9 Å². The number of allylic oxidation sites excluding steroid dienone is 1. The second-order valence-electron chi connectivity index (χ2n) is 15.3. The van der Waals surface area contributed by atoms with E-state index in [0.29, 0.717) is 26.9 Å². The number of fused-ring (bicyclic) bond motifs is 1. The molecule has 2 saturated heterocycles. The lowest BCUT2D eigenvalue weighted by Crippen LogP contribution is -3.00. The fourth-order valence-corrected chi connectivity index (χ4v) is 9.70. The van der Waals surface area contributed by atoms with Crippen molar-refractivity contribution in [2.45, 2.75) is 36.1 Å². The number of nitrogens with zero attached hydrogens (tertiary/aromatic N) is 5. The minimum Gasteiger partial charge on any atom is -1.00 e. The molecule has 1 aromatic heterocycles. The van der Waals surface area contributed by atoms with E-state index in [2.05, 4.69) is 25.1 Å². The van der Waals surface area contributed by atoms with Gasteiger partial charge in [0, 0.05) is 23.7 Å².